The third-order valence-corrected chi connectivity index (χ3v) is 3.32. The summed E-state index contributed by atoms with van der Waals surface area (Å²) in [6, 6.07) is -0.0209. The van der Waals surface area contributed by atoms with Crippen LogP contribution in [-0.4, -0.2) is 48.2 Å². The van der Waals surface area contributed by atoms with E-state index in [4.69, 9.17) is 5.11 Å². The highest BCUT2D eigenvalue weighted by Crippen LogP contribution is 2.17. The molecule has 2 unspecified atom stereocenters. The largest absolute Gasteiger partial charge is 0.396 e. The molecule has 0 spiro atoms. The molecular weight excluding hydrogens is 204 g/mol. The maximum atomic E-state index is 12.2. The Balaban J connectivity index is 2.51. The Morgan fingerprint density at radius 1 is 1.56 bits per heavy atom. The fraction of sp³-hybridized carbons (Fsp3) is 0.917. The fourth-order valence-electron chi connectivity index (χ4n) is 2.26. The van der Waals surface area contributed by atoms with E-state index in [0.717, 1.165) is 25.9 Å². The van der Waals surface area contributed by atoms with Crippen molar-refractivity contribution in [2.75, 3.05) is 26.2 Å². The molecule has 16 heavy (non-hydrogen) atoms. The van der Waals surface area contributed by atoms with Crippen LogP contribution in [0, 0.1) is 5.92 Å². The van der Waals surface area contributed by atoms with Crippen molar-refractivity contribution < 1.29 is 9.90 Å². The van der Waals surface area contributed by atoms with Crippen molar-refractivity contribution in [3.8, 4) is 0 Å². The first-order valence-electron chi connectivity index (χ1n) is 6.33. The van der Waals surface area contributed by atoms with Gasteiger partial charge in [-0.05, 0) is 38.6 Å². The van der Waals surface area contributed by atoms with Crippen molar-refractivity contribution in [2.45, 2.75) is 39.2 Å². The molecule has 1 rings (SSSR count). The lowest BCUT2D eigenvalue weighted by molar-refractivity contribution is -0.135. The monoisotopic (exact) mass is 228 g/mol. The molecule has 0 aromatic rings. The van der Waals surface area contributed by atoms with Gasteiger partial charge in [0, 0.05) is 19.7 Å². The minimum Gasteiger partial charge on any atom is -0.396 e. The van der Waals surface area contributed by atoms with E-state index < -0.39 is 0 Å². The van der Waals surface area contributed by atoms with Gasteiger partial charge in [-0.2, -0.15) is 0 Å². The first kappa shape index (κ1) is 13.5. The second kappa shape index (κ2) is 6.86. The highest BCUT2D eigenvalue weighted by atomic mass is 16.3. The molecule has 0 aromatic heterocycles. The van der Waals surface area contributed by atoms with Crippen LogP contribution in [0.4, 0.5) is 0 Å². The molecule has 0 bridgehead atoms. The Morgan fingerprint density at radius 3 is 2.88 bits per heavy atom. The number of nitrogens with zero attached hydrogens (tertiary/aromatic N) is 1. The number of piperidine rings is 1. The normalized spacial score (nSPS) is 25.4. The van der Waals surface area contributed by atoms with Crippen LogP contribution in [0.3, 0.4) is 0 Å². The van der Waals surface area contributed by atoms with Gasteiger partial charge < -0.3 is 15.3 Å². The van der Waals surface area contributed by atoms with E-state index in [1.165, 1.54) is 0 Å². The molecule has 2 N–H and O–H groups in total. The quantitative estimate of drug-likeness (QED) is 0.725. The summed E-state index contributed by atoms with van der Waals surface area (Å²) in [5, 5.41) is 12.1. The molecule has 1 amide bonds. The predicted octanol–water partition coefficient (Wildman–Crippen LogP) is 0.605. The predicted molar refractivity (Wildman–Crippen MR) is 64.1 cm³/mol. The zero-order valence-electron chi connectivity index (χ0n) is 10.4. The smallest absolute Gasteiger partial charge is 0.239 e. The van der Waals surface area contributed by atoms with Crippen LogP contribution in [0.1, 0.15) is 33.1 Å². The lowest BCUT2D eigenvalue weighted by atomic mass is 9.92. The number of aliphatic hydroxyl groups is 1. The average molecular weight is 228 g/mol. The first-order valence-corrected chi connectivity index (χ1v) is 6.33. The maximum Gasteiger partial charge on any atom is 0.239 e. The summed E-state index contributed by atoms with van der Waals surface area (Å²) in [6.07, 6.45) is 2.95. The van der Waals surface area contributed by atoms with Crippen molar-refractivity contribution in [3.63, 3.8) is 0 Å². The standard InChI is InChI=1S/C12H24N2O2/c1-3-14(8-5-9-15)12(16)11-10(2)6-4-7-13-11/h10-11,13,15H,3-9H2,1-2H3. The van der Waals surface area contributed by atoms with E-state index in [-0.39, 0.29) is 18.6 Å². The van der Waals surface area contributed by atoms with Crippen molar-refractivity contribution in [1.29, 1.82) is 0 Å². The van der Waals surface area contributed by atoms with Gasteiger partial charge in [0.15, 0.2) is 0 Å². The van der Waals surface area contributed by atoms with Crippen molar-refractivity contribution in [2.24, 2.45) is 5.92 Å². The van der Waals surface area contributed by atoms with E-state index in [9.17, 15) is 4.79 Å². The molecule has 4 nitrogen and oxygen atoms in total. The number of carbonyl (C=O) groups excluding carboxylic acids is 1. The van der Waals surface area contributed by atoms with Crippen LogP contribution >= 0.6 is 0 Å². The second-order valence-electron chi connectivity index (χ2n) is 4.55. The zero-order valence-corrected chi connectivity index (χ0v) is 10.4. The number of nitrogens with one attached hydrogen (secondary N) is 1. The summed E-state index contributed by atoms with van der Waals surface area (Å²) < 4.78 is 0. The molecule has 94 valence electrons. The van der Waals surface area contributed by atoms with Gasteiger partial charge in [0.1, 0.15) is 0 Å². The molecule has 1 saturated heterocycles. The Morgan fingerprint density at radius 2 is 2.31 bits per heavy atom. The van der Waals surface area contributed by atoms with Crippen molar-refractivity contribution in [3.05, 3.63) is 0 Å². The van der Waals surface area contributed by atoms with Gasteiger partial charge in [-0.3, -0.25) is 4.79 Å². The lowest BCUT2D eigenvalue weighted by Gasteiger charge is -2.33. The van der Waals surface area contributed by atoms with E-state index in [2.05, 4.69) is 12.2 Å². The van der Waals surface area contributed by atoms with Gasteiger partial charge in [-0.15, -0.1) is 0 Å². The number of hydrogen-bond acceptors (Lipinski definition) is 3. The molecule has 2 atom stereocenters. The van der Waals surface area contributed by atoms with E-state index >= 15 is 0 Å². The highest BCUT2D eigenvalue weighted by Gasteiger charge is 2.29. The molecule has 0 aromatic carbocycles. The summed E-state index contributed by atoms with van der Waals surface area (Å²) in [6.45, 7) is 6.60. The van der Waals surface area contributed by atoms with Crippen LogP contribution in [0.25, 0.3) is 0 Å². The Bertz CT molecular complexity index is 221. The lowest BCUT2D eigenvalue weighted by Crippen LogP contribution is -2.52. The molecule has 1 fully saturated rings. The molecule has 1 aliphatic rings. The van der Waals surface area contributed by atoms with Gasteiger partial charge >= 0.3 is 0 Å². The Kier molecular flexibility index (Phi) is 5.77. The van der Waals surface area contributed by atoms with Crippen LogP contribution in [0.5, 0.6) is 0 Å². The SMILES string of the molecule is CCN(CCCO)C(=O)C1NCCCC1C. The van der Waals surface area contributed by atoms with Crippen LogP contribution in [0.2, 0.25) is 0 Å². The summed E-state index contributed by atoms with van der Waals surface area (Å²) in [5.41, 5.74) is 0. The van der Waals surface area contributed by atoms with Gasteiger partial charge in [-0.25, -0.2) is 0 Å². The van der Waals surface area contributed by atoms with Gasteiger partial charge in [-0.1, -0.05) is 6.92 Å². The van der Waals surface area contributed by atoms with Gasteiger partial charge in [0.2, 0.25) is 5.91 Å². The average Bonchev–Trinajstić information content (AvgIpc) is 2.30. The zero-order chi connectivity index (χ0) is 12.0. The molecule has 0 saturated carbocycles. The molecule has 0 radical (unpaired) electrons. The molecular formula is C12H24N2O2. The summed E-state index contributed by atoms with van der Waals surface area (Å²) in [5.74, 6) is 0.618. The van der Waals surface area contributed by atoms with Crippen molar-refractivity contribution in [1.82, 2.24) is 10.2 Å². The van der Waals surface area contributed by atoms with Crippen LogP contribution in [0.15, 0.2) is 0 Å². The third-order valence-electron chi connectivity index (χ3n) is 3.32. The van der Waals surface area contributed by atoms with Gasteiger partial charge in [0.05, 0.1) is 6.04 Å². The van der Waals surface area contributed by atoms with Gasteiger partial charge in [0.25, 0.3) is 0 Å². The number of rotatable bonds is 5. The topological polar surface area (TPSA) is 52.6 Å². The first-order chi connectivity index (χ1) is 7.70. The number of likely N-dealkylation sites (N-methyl/N-ethyl adjacent to an activating group) is 1. The van der Waals surface area contributed by atoms with Crippen LogP contribution in [-0.2, 0) is 4.79 Å². The second-order valence-corrected chi connectivity index (χ2v) is 4.55. The Labute approximate surface area is 98.0 Å². The number of aliphatic hydroxyl groups excluding tert-OH is 1. The third kappa shape index (κ3) is 3.46. The van der Waals surface area contributed by atoms with E-state index in [1.807, 2.05) is 11.8 Å². The highest BCUT2D eigenvalue weighted by molar-refractivity contribution is 5.82. The number of hydrogen-bond donors (Lipinski definition) is 2. The molecule has 4 heteroatoms. The fourth-order valence-corrected chi connectivity index (χ4v) is 2.26. The van der Waals surface area contributed by atoms with E-state index in [0.29, 0.717) is 18.9 Å². The minimum absolute atomic E-state index is 0.0209. The van der Waals surface area contributed by atoms with E-state index in [1.54, 1.807) is 0 Å². The summed E-state index contributed by atoms with van der Waals surface area (Å²) >= 11 is 0. The van der Waals surface area contributed by atoms with Crippen LogP contribution < -0.4 is 5.32 Å². The maximum absolute atomic E-state index is 12.2. The molecule has 1 heterocycles. The molecule has 1 aliphatic heterocycles. The summed E-state index contributed by atoms with van der Waals surface area (Å²) in [4.78, 5) is 14.1. The summed E-state index contributed by atoms with van der Waals surface area (Å²) in [7, 11) is 0. The van der Waals surface area contributed by atoms with Crippen molar-refractivity contribution >= 4 is 5.91 Å². The number of carbonyl (C=O) groups is 1. The Hall–Kier alpha value is -0.610. The number of amides is 1. The minimum atomic E-state index is -0.0209. The molecule has 0 aliphatic carbocycles.